The second-order valence-electron chi connectivity index (χ2n) is 5.81. The van der Waals surface area contributed by atoms with Gasteiger partial charge in [-0.25, -0.2) is 0 Å². The van der Waals surface area contributed by atoms with Crippen LogP contribution in [0.15, 0.2) is 0 Å². The minimum Gasteiger partial charge on any atom is -0.372 e. The van der Waals surface area contributed by atoms with Crippen molar-refractivity contribution in [2.75, 3.05) is 26.2 Å². The van der Waals surface area contributed by atoms with Gasteiger partial charge in [0.15, 0.2) is 0 Å². The maximum Gasteiger partial charge on any atom is 0.0704 e. The summed E-state index contributed by atoms with van der Waals surface area (Å²) in [5.74, 6) is 0. The van der Waals surface area contributed by atoms with Crippen LogP contribution in [0.2, 0.25) is 0 Å². The Hall–Kier alpha value is -0.160. The van der Waals surface area contributed by atoms with E-state index in [1.165, 1.54) is 38.8 Å². The Morgan fingerprint density at radius 3 is 2.65 bits per heavy atom. The van der Waals surface area contributed by atoms with Gasteiger partial charge in [-0.15, -0.1) is 0 Å². The van der Waals surface area contributed by atoms with E-state index in [4.69, 9.17) is 10.5 Å². The van der Waals surface area contributed by atoms with Crippen LogP contribution in [0.1, 0.15) is 32.1 Å². The van der Waals surface area contributed by atoms with Crippen molar-refractivity contribution < 1.29 is 4.74 Å². The molecule has 3 aliphatic rings. The van der Waals surface area contributed by atoms with Crippen molar-refractivity contribution in [3.8, 4) is 0 Å². The molecular weight excluding hydrogens is 214 g/mol. The molecule has 0 radical (unpaired) electrons. The largest absolute Gasteiger partial charge is 0.372 e. The van der Waals surface area contributed by atoms with E-state index in [1.807, 2.05) is 0 Å². The highest BCUT2D eigenvalue weighted by molar-refractivity contribution is 4.92. The minimum absolute atomic E-state index is 0.313. The fourth-order valence-electron chi connectivity index (χ4n) is 3.13. The first kappa shape index (κ1) is 11.9. The van der Waals surface area contributed by atoms with Crippen LogP contribution in [-0.2, 0) is 4.74 Å². The summed E-state index contributed by atoms with van der Waals surface area (Å²) in [4.78, 5) is 2.65. The van der Waals surface area contributed by atoms with E-state index in [2.05, 4.69) is 10.2 Å². The Balaban J connectivity index is 1.34. The highest BCUT2D eigenvalue weighted by Crippen LogP contribution is 2.29. The third-order valence-corrected chi connectivity index (χ3v) is 4.38. The molecule has 98 valence electrons. The number of rotatable bonds is 5. The molecule has 17 heavy (non-hydrogen) atoms. The maximum absolute atomic E-state index is 5.86. The monoisotopic (exact) mass is 239 g/mol. The average Bonchev–Trinajstić information content (AvgIpc) is 2.93. The second kappa shape index (κ2) is 5.22. The molecule has 3 N–H and O–H groups in total. The van der Waals surface area contributed by atoms with E-state index in [-0.39, 0.29) is 0 Å². The highest BCUT2D eigenvalue weighted by atomic mass is 16.5. The van der Waals surface area contributed by atoms with Crippen LogP contribution >= 0.6 is 0 Å². The molecule has 3 unspecified atom stereocenters. The summed E-state index contributed by atoms with van der Waals surface area (Å²) in [6.45, 7) is 4.23. The number of likely N-dealkylation sites (tertiary alicyclic amines) is 1. The molecule has 4 nitrogen and oxygen atoms in total. The molecule has 0 aromatic rings. The first-order valence-corrected chi connectivity index (χ1v) is 7.18. The van der Waals surface area contributed by atoms with Gasteiger partial charge in [0.1, 0.15) is 0 Å². The highest BCUT2D eigenvalue weighted by Gasteiger charge is 2.34. The summed E-state index contributed by atoms with van der Waals surface area (Å²) in [5, 5.41) is 3.67. The molecule has 3 rings (SSSR count). The van der Waals surface area contributed by atoms with Gasteiger partial charge in [-0.1, -0.05) is 0 Å². The van der Waals surface area contributed by atoms with Crippen LogP contribution in [-0.4, -0.2) is 55.4 Å². The Morgan fingerprint density at radius 2 is 1.94 bits per heavy atom. The SMILES string of the molecule is NCC1CCC(CNC2CCN(C3CC3)C2)O1. The Kier molecular flexibility index (Phi) is 3.66. The van der Waals surface area contributed by atoms with Gasteiger partial charge in [0.05, 0.1) is 12.2 Å². The molecule has 4 heteroatoms. The third-order valence-electron chi connectivity index (χ3n) is 4.38. The summed E-state index contributed by atoms with van der Waals surface area (Å²) in [6.07, 6.45) is 7.19. The van der Waals surface area contributed by atoms with Crippen LogP contribution in [0.3, 0.4) is 0 Å². The smallest absolute Gasteiger partial charge is 0.0704 e. The van der Waals surface area contributed by atoms with Crippen LogP contribution in [0.4, 0.5) is 0 Å². The minimum atomic E-state index is 0.313. The van der Waals surface area contributed by atoms with Gasteiger partial charge in [0.2, 0.25) is 0 Å². The summed E-state index contributed by atoms with van der Waals surface area (Å²) in [6, 6.07) is 1.61. The topological polar surface area (TPSA) is 50.5 Å². The van der Waals surface area contributed by atoms with Gasteiger partial charge in [0, 0.05) is 38.3 Å². The van der Waals surface area contributed by atoms with E-state index in [9.17, 15) is 0 Å². The van der Waals surface area contributed by atoms with Crippen LogP contribution < -0.4 is 11.1 Å². The van der Waals surface area contributed by atoms with Crippen LogP contribution in [0.25, 0.3) is 0 Å². The van der Waals surface area contributed by atoms with Crippen molar-refractivity contribution in [2.45, 2.75) is 56.4 Å². The summed E-state index contributed by atoms with van der Waals surface area (Å²) in [5.41, 5.74) is 5.62. The molecule has 3 atom stereocenters. The molecule has 0 aromatic carbocycles. The zero-order chi connectivity index (χ0) is 11.7. The molecule has 3 fully saturated rings. The number of hydrogen-bond acceptors (Lipinski definition) is 4. The Morgan fingerprint density at radius 1 is 1.12 bits per heavy atom. The van der Waals surface area contributed by atoms with Crippen molar-refractivity contribution in [2.24, 2.45) is 5.73 Å². The fourth-order valence-corrected chi connectivity index (χ4v) is 3.13. The van der Waals surface area contributed by atoms with Gasteiger partial charge < -0.3 is 15.8 Å². The van der Waals surface area contributed by atoms with E-state index in [0.717, 1.165) is 19.0 Å². The zero-order valence-electron chi connectivity index (χ0n) is 10.6. The molecule has 0 aromatic heterocycles. The molecule has 0 spiro atoms. The van der Waals surface area contributed by atoms with Gasteiger partial charge >= 0.3 is 0 Å². The molecule has 2 saturated heterocycles. The number of nitrogens with two attached hydrogens (primary N) is 1. The normalized spacial score (nSPS) is 39.0. The number of nitrogens with zero attached hydrogens (tertiary/aromatic N) is 1. The summed E-state index contributed by atoms with van der Waals surface area (Å²) in [7, 11) is 0. The van der Waals surface area contributed by atoms with E-state index >= 15 is 0 Å². The van der Waals surface area contributed by atoms with Gasteiger partial charge in [-0.2, -0.15) is 0 Å². The lowest BCUT2D eigenvalue weighted by molar-refractivity contribution is 0.0490. The fraction of sp³-hybridized carbons (Fsp3) is 1.00. The number of ether oxygens (including phenoxy) is 1. The first-order chi connectivity index (χ1) is 8.35. The van der Waals surface area contributed by atoms with E-state index < -0.39 is 0 Å². The second-order valence-corrected chi connectivity index (χ2v) is 5.81. The lowest BCUT2D eigenvalue weighted by Crippen LogP contribution is -2.38. The number of hydrogen-bond donors (Lipinski definition) is 2. The lowest BCUT2D eigenvalue weighted by Gasteiger charge is -2.18. The Bertz CT molecular complexity index is 257. The Labute approximate surface area is 104 Å². The molecule has 2 aliphatic heterocycles. The van der Waals surface area contributed by atoms with Crippen LogP contribution in [0.5, 0.6) is 0 Å². The predicted octanol–water partition coefficient (Wildman–Crippen LogP) is 0.319. The van der Waals surface area contributed by atoms with Gasteiger partial charge in [-0.05, 0) is 32.1 Å². The first-order valence-electron chi connectivity index (χ1n) is 7.18. The summed E-state index contributed by atoms with van der Waals surface area (Å²) >= 11 is 0. The lowest BCUT2D eigenvalue weighted by atomic mass is 10.2. The molecular formula is C13H25N3O. The zero-order valence-corrected chi connectivity index (χ0v) is 10.6. The van der Waals surface area contributed by atoms with Crippen molar-refractivity contribution in [1.82, 2.24) is 10.2 Å². The molecule has 0 bridgehead atoms. The van der Waals surface area contributed by atoms with E-state index in [0.29, 0.717) is 24.8 Å². The summed E-state index contributed by atoms with van der Waals surface area (Å²) < 4.78 is 5.86. The number of nitrogens with one attached hydrogen (secondary N) is 1. The van der Waals surface area contributed by atoms with Gasteiger partial charge in [-0.3, -0.25) is 4.90 Å². The maximum atomic E-state index is 5.86. The third kappa shape index (κ3) is 2.99. The van der Waals surface area contributed by atoms with Crippen LogP contribution in [0, 0.1) is 0 Å². The van der Waals surface area contributed by atoms with Crippen molar-refractivity contribution in [3.63, 3.8) is 0 Å². The average molecular weight is 239 g/mol. The van der Waals surface area contributed by atoms with Crippen molar-refractivity contribution >= 4 is 0 Å². The molecule has 1 aliphatic carbocycles. The van der Waals surface area contributed by atoms with Crippen molar-refractivity contribution in [1.29, 1.82) is 0 Å². The standard InChI is InChI=1S/C13H25N3O/c14-7-12-3-4-13(17-12)8-15-10-5-6-16(9-10)11-1-2-11/h10-13,15H,1-9,14H2. The van der Waals surface area contributed by atoms with E-state index in [1.54, 1.807) is 0 Å². The molecule has 0 amide bonds. The molecule has 2 heterocycles. The molecule has 1 saturated carbocycles. The predicted molar refractivity (Wildman–Crippen MR) is 68.0 cm³/mol. The quantitative estimate of drug-likeness (QED) is 0.725. The van der Waals surface area contributed by atoms with Gasteiger partial charge in [0.25, 0.3) is 0 Å². The van der Waals surface area contributed by atoms with Crippen molar-refractivity contribution in [3.05, 3.63) is 0 Å².